The van der Waals surface area contributed by atoms with Gasteiger partial charge in [0.05, 0.1) is 10.6 Å². The Morgan fingerprint density at radius 2 is 1.65 bits per heavy atom. The summed E-state index contributed by atoms with van der Waals surface area (Å²) >= 11 is 6.02. The summed E-state index contributed by atoms with van der Waals surface area (Å²) in [6.45, 7) is 5.55. The molecule has 0 saturated carbocycles. The number of carbonyl (C=O) groups is 2. The first-order valence-electron chi connectivity index (χ1n) is 12.1. The lowest BCUT2D eigenvalue weighted by Gasteiger charge is -2.32. The van der Waals surface area contributed by atoms with Crippen LogP contribution in [0.3, 0.4) is 0 Å². The molecule has 0 fully saturated rings. The minimum Gasteiger partial charge on any atom is -0.354 e. The molecule has 7 nitrogen and oxygen atoms in total. The summed E-state index contributed by atoms with van der Waals surface area (Å²) in [5.41, 5.74) is 1.98. The molecule has 2 amide bonds. The number of anilines is 1. The van der Waals surface area contributed by atoms with Gasteiger partial charge in [0.25, 0.3) is 10.0 Å². The van der Waals surface area contributed by atoms with E-state index in [9.17, 15) is 18.0 Å². The molecule has 0 radical (unpaired) electrons. The molecule has 9 heteroatoms. The predicted octanol–water partition coefficient (Wildman–Crippen LogP) is 4.79. The highest BCUT2D eigenvalue weighted by Gasteiger charge is 2.32. The fraction of sp³-hybridized carbons (Fsp3) is 0.286. The van der Waals surface area contributed by atoms with Crippen molar-refractivity contribution in [3.63, 3.8) is 0 Å². The molecular weight excluding hydrogens is 510 g/mol. The first kappa shape index (κ1) is 28.2. The number of benzene rings is 3. The van der Waals surface area contributed by atoms with Gasteiger partial charge in [-0.3, -0.25) is 13.9 Å². The first-order chi connectivity index (χ1) is 17.6. The predicted molar refractivity (Wildman–Crippen MR) is 147 cm³/mol. The van der Waals surface area contributed by atoms with Crippen molar-refractivity contribution in [3.05, 3.63) is 95.0 Å². The molecule has 0 saturated heterocycles. The number of carbonyl (C=O) groups excluding carboxylic acids is 2. The zero-order valence-electron chi connectivity index (χ0n) is 21.2. The van der Waals surface area contributed by atoms with E-state index < -0.39 is 28.5 Å². The molecule has 196 valence electrons. The van der Waals surface area contributed by atoms with E-state index in [0.717, 1.165) is 21.9 Å². The van der Waals surface area contributed by atoms with Crippen LogP contribution in [-0.2, 0) is 26.2 Å². The summed E-state index contributed by atoms with van der Waals surface area (Å²) in [6, 6.07) is 21.1. The Balaban J connectivity index is 2.00. The van der Waals surface area contributed by atoms with Crippen LogP contribution in [0.1, 0.15) is 31.4 Å². The molecular formula is C28H32ClN3O4S. The van der Waals surface area contributed by atoms with Gasteiger partial charge in [-0.1, -0.05) is 61.0 Å². The fourth-order valence-corrected chi connectivity index (χ4v) is 5.35. The smallest absolute Gasteiger partial charge is 0.264 e. The molecule has 1 N–H and O–H groups in total. The second kappa shape index (κ2) is 12.7. The highest BCUT2D eigenvalue weighted by Crippen LogP contribution is 2.25. The molecule has 3 aromatic rings. The lowest BCUT2D eigenvalue weighted by atomic mass is 10.1. The van der Waals surface area contributed by atoms with Crippen LogP contribution < -0.4 is 9.62 Å². The van der Waals surface area contributed by atoms with Crippen molar-refractivity contribution in [2.45, 2.75) is 44.7 Å². The van der Waals surface area contributed by atoms with E-state index in [1.807, 2.05) is 19.9 Å². The van der Waals surface area contributed by atoms with Crippen LogP contribution in [0.2, 0.25) is 5.02 Å². The van der Waals surface area contributed by atoms with Crippen molar-refractivity contribution >= 4 is 39.1 Å². The largest absolute Gasteiger partial charge is 0.354 e. The summed E-state index contributed by atoms with van der Waals surface area (Å²) in [5, 5.41) is 3.38. The van der Waals surface area contributed by atoms with Crippen molar-refractivity contribution in [1.82, 2.24) is 10.2 Å². The highest BCUT2D eigenvalue weighted by molar-refractivity contribution is 7.92. The average Bonchev–Trinajstić information content (AvgIpc) is 2.89. The molecule has 0 aliphatic carbocycles. The summed E-state index contributed by atoms with van der Waals surface area (Å²) in [6.07, 6.45) is 0.750. The van der Waals surface area contributed by atoms with Crippen molar-refractivity contribution in [1.29, 1.82) is 0 Å². The van der Waals surface area contributed by atoms with E-state index in [1.54, 1.807) is 67.6 Å². The third-order valence-electron chi connectivity index (χ3n) is 5.88. The van der Waals surface area contributed by atoms with Crippen LogP contribution in [0.4, 0.5) is 5.69 Å². The van der Waals surface area contributed by atoms with E-state index in [0.29, 0.717) is 17.3 Å². The van der Waals surface area contributed by atoms with Crippen LogP contribution in [0.25, 0.3) is 0 Å². The Bertz CT molecular complexity index is 1310. The van der Waals surface area contributed by atoms with Gasteiger partial charge in [-0.25, -0.2) is 8.42 Å². The van der Waals surface area contributed by atoms with Crippen LogP contribution in [0.15, 0.2) is 83.8 Å². The molecule has 0 aliphatic heterocycles. The Morgan fingerprint density at radius 3 is 2.27 bits per heavy atom. The molecule has 0 unspecified atom stereocenters. The van der Waals surface area contributed by atoms with Gasteiger partial charge in [0, 0.05) is 18.1 Å². The van der Waals surface area contributed by atoms with Gasteiger partial charge in [0.15, 0.2) is 0 Å². The number of sulfonamides is 1. The van der Waals surface area contributed by atoms with Crippen molar-refractivity contribution < 1.29 is 18.0 Å². The second-order valence-electron chi connectivity index (χ2n) is 8.78. The fourth-order valence-electron chi connectivity index (χ4n) is 3.80. The zero-order chi connectivity index (χ0) is 27.0. The van der Waals surface area contributed by atoms with Gasteiger partial charge >= 0.3 is 0 Å². The lowest BCUT2D eigenvalue weighted by molar-refractivity contribution is -0.139. The molecule has 0 aliphatic rings. The summed E-state index contributed by atoms with van der Waals surface area (Å²) in [4.78, 5) is 28.1. The topological polar surface area (TPSA) is 86.8 Å². The minimum absolute atomic E-state index is 0.0716. The number of hydrogen-bond donors (Lipinski definition) is 1. The van der Waals surface area contributed by atoms with Crippen molar-refractivity contribution in [2.24, 2.45) is 0 Å². The van der Waals surface area contributed by atoms with Crippen molar-refractivity contribution in [3.8, 4) is 0 Å². The normalized spacial score (nSPS) is 12.0. The van der Waals surface area contributed by atoms with E-state index in [2.05, 4.69) is 5.32 Å². The van der Waals surface area contributed by atoms with Gasteiger partial charge in [-0.15, -0.1) is 0 Å². The monoisotopic (exact) mass is 541 g/mol. The number of nitrogens with one attached hydrogen (secondary N) is 1. The molecule has 3 rings (SSSR count). The van der Waals surface area contributed by atoms with Crippen LogP contribution in [0, 0.1) is 6.92 Å². The van der Waals surface area contributed by atoms with E-state index in [4.69, 9.17) is 11.6 Å². The second-order valence-corrected chi connectivity index (χ2v) is 11.1. The quantitative estimate of drug-likeness (QED) is 0.378. The lowest BCUT2D eigenvalue weighted by Crippen LogP contribution is -2.51. The van der Waals surface area contributed by atoms with E-state index in [1.165, 1.54) is 17.0 Å². The van der Waals surface area contributed by atoms with Gasteiger partial charge in [0.1, 0.15) is 12.6 Å². The van der Waals surface area contributed by atoms with Crippen LogP contribution in [-0.4, -0.2) is 44.3 Å². The maximum Gasteiger partial charge on any atom is 0.264 e. The summed E-state index contributed by atoms with van der Waals surface area (Å²) < 4.78 is 28.5. The maximum atomic E-state index is 13.8. The summed E-state index contributed by atoms with van der Waals surface area (Å²) in [5.74, 6) is -0.813. The zero-order valence-corrected chi connectivity index (χ0v) is 22.8. The Morgan fingerprint density at radius 1 is 0.973 bits per heavy atom. The van der Waals surface area contributed by atoms with Crippen LogP contribution in [0.5, 0.6) is 0 Å². The minimum atomic E-state index is -4.07. The van der Waals surface area contributed by atoms with Gasteiger partial charge < -0.3 is 10.2 Å². The number of nitrogens with zero attached hydrogens (tertiary/aromatic N) is 2. The maximum absolute atomic E-state index is 13.8. The van der Waals surface area contributed by atoms with E-state index in [-0.39, 0.29) is 17.3 Å². The first-order valence-corrected chi connectivity index (χ1v) is 13.9. The van der Waals surface area contributed by atoms with E-state index >= 15 is 0 Å². The number of rotatable bonds is 11. The standard InChI is InChI=1S/C28H32ClN3O4S/c1-4-17-30-28(34)22(3)31(19-23-13-15-24(29)16-14-23)27(33)20-32(25-10-8-9-21(2)18-25)37(35,36)26-11-6-5-7-12-26/h5-16,18,22H,4,17,19-20H2,1-3H3,(H,30,34)/t22-/m1/s1. The molecule has 0 bridgehead atoms. The number of hydrogen-bond acceptors (Lipinski definition) is 4. The summed E-state index contributed by atoms with van der Waals surface area (Å²) in [7, 11) is -4.07. The molecule has 1 atom stereocenters. The van der Waals surface area contributed by atoms with Gasteiger partial charge in [-0.05, 0) is 67.8 Å². The van der Waals surface area contributed by atoms with Crippen molar-refractivity contribution in [2.75, 3.05) is 17.4 Å². The van der Waals surface area contributed by atoms with Crippen LogP contribution >= 0.6 is 11.6 Å². The molecule has 0 aromatic heterocycles. The molecule has 0 spiro atoms. The number of halogens is 1. The Labute approximate surface area is 224 Å². The number of amides is 2. The highest BCUT2D eigenvalue weighted by atomic mass is 35.5. The molecule has 3 aromatic carbocycles. The Hall–Kier alpha value is -3.36. The SMILES string of the molecule is CCCNC(=O)[C@@H](C)N(Cc1ccc(Cl)cc1)C(=O)CN(c1cccc(C)c1)S(=O)(=O)c1ccccc1. The molecule has 37 heavy (non-hydrogen) atoms. The molecule has 0 heterocycles. The number of aryl methyl sites for hydroxylation is 1. The third-order valence-corrected chi connectivity index (χ3v) is 7.92. The van der Waals surface area contributed by atoms with Gasteiger partial charge in [0.2, 0.25) is 11.8 Å². The average molecular weight is 542 g/mol. The van der Waals surface area contributed by atoms with Gasteiger partial charge in [-0.2, -0.15) is 0 Å². The Kier molecular flexibility index (Phi) is 9.72. The third kappa shape index (κ3) is 7.33.